The van der Waals surface area contributed by atoms with Gasteiger partial charge in [-0.25, -0.2) is 0 Å². The van der Waals surface area contributed by atoms with Gasteiger partial charge in [-0.15, -0.1) is 11.3 Å². The summed E-state index contributed by atoms with van der Waals surface area (Å²) in [6.07, 6.45) is 1.10. The van der Waals surface area contributed by atoms with Gasteiger partial charge in [0.25, 0.3) is 0 Å². The first-order valence-electron chi connectivity index (χ1n) is 5.14. The van der Waals surface area contributed by atoms with Crippen molar-refractivity contribution in [1.29, 1.82) is 0 Å². The van der Waals surface area contributed by atoms with Gasteiger partial charge in [0.1, 0.15) is 0 Å². The van der Waals surface area contributed by atoms with Crippen LogP contribution < -0.4 is 0 Å². The lowest BCUT2D eigenvalue weighted by Crippen LogP contribution is -2.02. The van der Waals surface area contributed by atoms with Crippen molar-refractivity contribution in [3.63, 3.8) is 0 Å². The van der Waals surface area contributed by atoms with Crippen LogP contribution in [0.1, 0.15) is 16.4 Å². The fraction of sp³-hybridized carbons (Fsp3) is 0.231. The molecule has 1 atom stereocenters. The average molecular weight is 360 g/mol. The Kier molecular flexibility index (Phi) is 4.62. The second-order valence-electron chi connectivity index (χ2n) is 3.67. The second kappa shape index (κ2) is 5.99. The average Bonchev–Trinajstić information content (AvgIpc) is 2.73. The molecule has 0 aliphatic rings. The minimum absolute atomic E-state index is 0.562. The molecule has 84 valence electrons. The van der Waals surface area contributed by atoms with E-state index in [2.05, 4.69) is 74.3 Å². The van der Waals surface area contributed by atoms with Crippen molar-refractivity contribution in [2.45, 2.75) is 12.3 Å². The largest absolute Gasteiger partial charge is 0.133 e. The molecule has 2 aromatic rings. The van der Waals surface area contributed by atoms with E-state index in [0.29, 0.717) is 5.92 Å². The standard InChI is InChI=1S/C13H12Br2S/c14-9-11(10-4-2-1-3-5-10)8-12-6-7-13(15)16-12/h1-7,11H,8-9H2. The minimum Gasteiger partial charge on any atom is -0.133 e. The van der Waals surface area contributed by atoms with Crippen molar-refractivity contribution in [3.8, 4) is 0 Å². The van der Waals surface area contributed by atoms with Gasteiger partial charge in [0.2, 0.25) is 0 Å². The highest BCUT2D eigenvalue weighted by Gasteiger charge is 2.11. The third-order valence-corrected chi connectivity index (χ3v) is 4.96. The highest BCUT2D eigenvalue weighted by molar-refractivity contribution is 9.11. The summed E-state index contributed by atoms with van der Waals surface area (Å²) in [5.74, 6) is 0.562. The Morgan fingerprint density at radius 1 is 1.06 bits per heavy atom. The van der Waals surface area contributed by atoms with Gasteiger partial charge in [0, 0.05) is 10.2 Å². The first kappa shape index (κ1) is 12.3. The van der Waals surface area contributed by atoms with Gasteiger partial charge < -0.3 is 0 Å². The molecule has 0 saturated heterocycles. The zero-order valence-electron chi connectivity index (χ0n) is 8.70. The highest BCUT2D eigenvalue weighted by Crippen LogP contribution is 2.29. The summed E-state index contributed by atoms with van der Waals surface area (Å²) < 4.78 is 1.21. The molecule has 0 radical (unpaired) electrons. The fourth-order valence-electron chi connectivity index (χ4n) is 1.69. The molecule has 0 saturated carbocycles. The first-order chi connectivity index (χ1) is 7.79. The molecule has 1 aromatic heterocycles. The summed E-state index contributed by atoms with van der Waals surface area (Å²) in [6.45, 7) is 0. The van der Waals surface area contributed by atoms with E-state index < -0.39 is 0 Å². The van der Waals surface area contributed by atoms with Crippen LogP contribution in [0, 0.1) is 0 Å². The Bertz CT molecular complexity index is 436. The van der Waals surface area contributed by atoms with Crippen molar-refractivity contribution >= 4 is 43.2 Å². The molecule has 1 aromatic carbocycles. The Hall–Kier alpha value is -0.120. The lowest BCUT2D eigenvalue weighted by molar-refractivity contribution is 0.786. The Labute approximate surface area is 117 Å². The smallest absolute Gasteiger partial charge is 0.0701 e. The Morgan fingerprint density at radius 2 is 1.81 bits per heavy atom. The van der Waals surface area contributed by atoms with E-state index in [-0.39, 0.29) is 0 Å². The van der Waals surface area contributed by atoms with E-state index in [4.69, 9.17) is 0 Å². The molecule has 16 heavy (non-hydrogen) atoms. The van der Waals surface area contributed by atoms with Crippen molar-refractivity contribution in [1.82, 2.24) is 0 Å². The number of halogens is 2. The molecule has 0 fully saturated rings. The van der Waals surface area contributed by atoms with Crippen LogP contribution in [0.15, 0.2) is 46.3 Å². The van der Waals surface area contributed by atoms with E-state index in [1.807, 2.05) is 11.3 Å². The van der Waals surface area contributed by atoms with E-state index >= 15 is 0 Å². The number of hydrogen-bond acceptors (Lipinski definition) is 1. The quantitative estimate of drug-likeness (QED) is 0.655. The van der Waals surface area contributed by atoms with Crippen LogP contribution in [-0.4, -0.2) is 5.33 Å². The summed E-state index contributed by atoms with van der Waals surface area (Å²) in [4.78, 5) is 1.43. The molecule has 2 rings (SSSR count). The maximum atomic E-state index is 3.61. The number of hydrogen-bond donors (Lipinski definition) is 0. The van der Waals surface area contributed by atoms with Crippen LogP contribution in [0.2, 0.25) is 0 Å². The molecule has 0 spiro atoms. The van der Waals surface area contributed by atoms with Crippen LogP contribution >= 0.6 is 43.2 Å². The van der Waals surface area contributed by atoms with Gasteiger partial charge >= 0.3 is 0 Å². The number of rotatable bonds is 4. The van der Waals surface area contributed by atoms with Crippen LogP contribution in [0.5, 0.6) is 0 Å². The third-order valence-electron chi connectivity index (χ3n) is 2.53. The maximum Gasteiger partial charge on any atom is 0.0701 e. The van der Waals surface area contributed by atoms with Gasteiger partial charge in [-0.3, -0.25) is 0 Å². The van der Waals surface area contributed by atoms with Crippen molar-refractivity contribution in [2.75, 3.05) is 5.33 Å². The topological polar surface area (TPSA) is 0 Å². The molecular formula is C13H12Br2S. The molecule has 3 heteroatoms. The molecule has 1 heterocycles. The van der Waals surface area contributed by atoms with Crippen molar-refractivity contribution in [2.24, 2.45) is 0 Å². The lowest BCUT2D eigenvalue weighted by atomic mass is 9.97. The van der Waals surface area contributed by atoms with Crippen LogP contribution in [0.25, 0.3) is 0 Å². The van der Waals surface area contributed by atoms with E-state index in [1.165, 1.54) is 14.2 Å². The summed E-state index contributed by atoms with van der Waals surface area (Å²) in [6, 6.07) is 15.0. The number of thiophene rings is 1. The predicted octanol–water partition coefficient (Wildman–Crippen LogP) is 5.23. The van der Waals surface area contributed by atoms with Gasteiger partial charge in [-0.2, -0.15) is 0 Å². The SMILES string of the molecule is BrCC(Cc1ccc(Br)s1)c1ccccc1. The summed E-state index contributed by atoms with van der Waals surface area (Å²) in [5, 5.41) is 1.01. The molecule has 0 amide bonds. The Balaban J connectivity index is 2.12. The molecule has 0 aliphatic heterocycles. The summed E-state index contributed by atoms with van der Waals surface area (Å²) >= 11 is 8.94. The molecule has 1 unspecified atom stereocenters. The zero-order chi connectivity index (χ0) is 11.4. The van der Waals surface area contributed by atoms with Gasteiger partial charge in [0.15, 0.2) is 0 Å². The molecule has 0 bridgehead atoms. The first-order valence-corrected chi connectivity index (χ1v) is 7.88. The number of alkyl halides is 1. The van der Waals surface area contributed by atoms with E-state index in [9.17, 15) is 0 Å². The number of benzene rings is 1. The molecule has 0 N–H and O–H groups in total. The lowest BCUT2D eigenvalue weighted by Gasteiger charge is -2.13. The van der Waals surface area contributed by atoms with Crippen molar-refractivity contribution < 1.29 is 0 Å². The predicted molar refractivity (Wildman–Crippen MR) is 78.7 cm³/mol. The normalized spacial score (nSPS) is 12.6. The van der Waals surface area contributed by atoms with Crippen LogP contribution in [-0.2, 0) is 6.42 Å². The third kappa shape index (κ3) is 3.19. The minimum atomic E-state index is 0.562. The summed E-state index contributed by atoms with van der Waals surface area (Å²) in [7, 11) is 0. The van der Waals surface area contributed by atoms with Crippen molar-refractivity contribution in [3.05, 3.63) is 56.7 Å². The Morgan fingerprint density at radius 3 is 2.38 bits per heavy atom. The van der Waals surface area contributed by atoms with Gasteiger partial charge in [-0.1, -0.05) is 46.3 Å². The van der Waals surface area contributed by atoms with Crippen LogP contribution in [0.3, 0.4) is 0 Å². The summed E-state index contributed by atoms with van der Waals surface area (Å²) in [5.41, 5.74) is 1.41. The maximum absolute atomic E-state index is 3.61. The second-order valence-corrected chi connectivity index (χ2v) is 6.87. The van der Waals surface area contributed by atoms with E-state index in [1.54, 1.807) is 0 Å². The molecule has 0 aliphatic carbocycles. The monoisotopic (exact) mass is 358 g/mol. The van der Waals surface area contributed by atoms with Gasteiger partial charge in [-0.05, 0) is 46.0 Å². The zero-order valence-corrected chi connectivity index (χ0v) is 12.7. The molecule has 0 nitrogen and oxygen atoms in total. The van der Waals surface area contributed by atoms with Gasteiger partial charge in [0.05, 0.1) is 3.79 Å². The molecular weight excluding hydrogens is 348 g/mol. The van der Waals surface area contributed by atoms with E-state index in [0.717, 1.165) is 11.8 Å². The van der Waals surface area contributed by atoms with Crippen LogP contribution in [0.4, 0.5) is 0 Å². The highest BCUT2D eigenvalue weighted by atomic mass is 79.9. The fourth-order valence-corrected chi connectivity index (χ4v) is 3.86.